The van der Waals surface area contributed by atoms with E-state index in [-0.39, 0.29) is 16.1 Å². The number of benzene rings is 1. The van der Waals surface area contributed by atoms with Crippen molar-refractivity contribution in [2.24, 2.45) is 5.41 Å². The molecule has 0 radical (unpaired) electrons. The lowest BCUT2D eigenvalue weighted by atomic mass is 9.87. The summed E-state index contributed by atoms with van der Waals surface area (Å²) in [5.41, 5.74) is 3.00. The van der Waals surface area contributed by atoms with E-state index in [9.17, 15) is 4.79 Å². The number of hydrogen-bond donors (Lipinski definition) is 1. The zero-order valence-corrected chi connectivity index (χ0v) is 12.4. The predicted molar refractivity (Wildman–Crippen MR) is 74.9 cm³/mol. The average molecular weight is 317 g/mol. The van der Waals surface area contributed by atoms with Crippen molar-refractivity contribution in [1.82, 2.24) is 0 Å². The molecule has 1 aromatic carbocycles. The van der Waals surface area contributed by atoms with Crippen LogP contribution in [0.1, 0.15) is 36.7 Å². The fraction of sp³-hybridized carbons (Fsp3) is 0.462. The normalized spacial score (nSPS) is 16.6. The number of carbonyl (C=O) groups is 1. The molecule has 1 aliphatic rings. The van der Waals surface area contributed by atoms with Crippen molar-refractivity contribution in [2.75, 3.05) is 5.32 Å². The van der Waals surface area contributed by atoms with Gasteiger partial charge in [0.15, 0.2) is 0 Å². The van der Waals surface area contributed by atoms with Gasteiger partial charge >= 0.3 is 0 Å². The predicted octanol–water partition coefficient (Wildman–Crippen LogP) is 4.32. The third-order valence-corrected chi connectivity index (χ3v) is 5.08. The number of amides is 1. The van der Waals surface area contributed by atoms with Crippen LogP contribution in [-0.2, 0) is 11.2 Å². The lowest BCUT2D eigenvalue weighted by Crippen LogP contribution is -2.13. The van der Waals surface area contributed by atoms with Gasteiger partial charge in [0.05, 0.1) is 6.42 Å². The van der Waals surface area contributed by atoms with Gasteiger partial charge in [-0.15, -0.1) is 0 Å². The van der Waals surface area contributed by atoms with Crippen LogP contribution in [0.15, 0.2) is 12.1 Å². The summed E-state index contributed by atoms with van der Waals surface area (Å²) in [4.78, 5) is 11.5. The number of halogens is 2. The molecule has 0 saturated carbocycles. The highest BCUT2D eigenvalue weighted by molar-refractivity contribution is 9.09. The maximum absolute atomic E-state index is 11.3. The van der Waals surface area contributed by atoms with Gasteiger partial charge in [0.1, 0.15) is 0 Å². The van der Waals surface area contributed by atoms with E-state index in [2.05, 4.69) is 42.0 Å². The van der Waals surface area contributed by atoms with Crippen molar-refractivity contribution < 1.29 is 4.79 Å². The van der Waals surface area contributed by atoms with Gasteiger partial charge in [0.25, 0.3) is 0 Å². The Balaban J connectivity index is 2.44. The summed E-state index contributed by atoms with van der Waals surface area (Å²) in [6.45, 7) is 6.46. The minimum atomic E-state index is 0.0371. The van der Waals surface area contributed by atoms with E-state index >= 15 is 0 Å². The summed E-state index contributed by atoms with van der Waals surface area (Å²) in [6, 6.07) is 3.87. The largest absolute Gasteiger partial charge is 0.325 e. The number of fused-ring (bicyclic) bond motifs is 1. The number of hydrogen-bond acceptors (Lipinski definition) is 1. The van der Waals surface area contributed by atoms with Gasteiger partial charge in [-0.25, -0.2) is 0 Å². The summed E-state index contributed by atoms with van der Waals surface area (Å²) in [6.07, 6.45) is 0.448. The molecule has 0 spiro atoms. The van der Waals surface area contributed by atoms with E-state index < -0.39 is 0 Å². The molecule has 0 fully saturated rings. The second kappa shape index (κ2) is 4.29. The third kappa shape index (κ3) is 2.50. The van der Waals surface area contributed by atoms with Crippen LogP contribution in [0, 0.1) is 5.41 Å². The van der Waals surface area contributed by atoms with E-state index in [0.29, 0.717) is 11.4 Å². The second-order valence-corrected chi connectivity index (χ2v) is 6.81. The SMILES string of the molecule is CC(C)(C)C(Br)c1cc2c(cc1Cl)NC(=O)C2. The Hall–Kier alpha value is -0.540. The van der Waals surface area contributed by atoms with Crippen molar-refractivity contribution in [3.05, 3.63) is 28.3 Å². The Morgan fingerprint density at radius 1 is 1.41 bits per heavy atom. The molecule has 1 unspecified atom stereocenters. The first kappa shape index (κ1) is 12.9. The quantitative estimate of drug-likeness (QED) is 0.768. The van der Waals surface area contributed by atoms with Gasteiger partial charge in [0.2, 0.25) is 5.91 Å². The highest BCUT2D eigenvalue weighted by Crippen LogP contribution is 2.44. The third-order valence-electron chi connectivity index (χ3n) is 2.88. The number of rotatable bonds is 1. The maximum atomic E-state index is 11.3. The second-order valence-electron chi connectivity index (χ2n) is 5.48. The Morgan fingerprint density at radius 3 is 2.65 bits per heavy atom. The monoisotopic (exact) mass is 315 g/mol. The smallest absolute Gasteiger partial charge is 0.228 e. The number of nitrogens with one attached hydrogen (secondary N) is 1. The standard InChI is InChI=1S/C13H15BrClNO/c1-13(2,3)12(14)8-4-7-5-11(17)16-10(7)6-9(8)15/h4,6,12H,5H2,1-3H3,(H,16,17). The molecule has 1 heterocycles. The van der Waals surface area contributed by atoms with Gasteiger partial charge in [-0.05, 0) is 22.6 Å². The first-order valence-electron chi connectivity index (χ1n) is 5.55. The molecule has 17 heavy (non-hydrogen) atoms. The molecule has 0 bridgehead atoms. The fourth-order valence-corrected chi connectivity index (χ4v) is 2.71. The Labute approximate surface area is 115 Å². The minimum absolute atomic E-state index is 0.0371. The zero-order chi connectivity index (χ0) is 12.8. The molecule has 92 valence electrons. The lowest BCUT2D eigenvalue weighted by Gasteiger charge is -2.27. The molecule has 0 saturated heterocycles. The van der Waals surface area contributed by atoms with Gasteiger partial charge in [-0.3, -0.25) is 4.79 Å². The van der Waals surface area contributed by atoms with Crippen molar-refractivity contribution in [2.45, 2.75) is 32.0 Å². The average Bonchev–Trinajstić information content (AvgIpc) is 2.53. The summed E-state index contributed by atoms with van der Waals surface area (Å²) in [7, 11) is 0. The summed E-state index contributed by atoms with van der Waals surface area (Å²) < 4.78 is 0. The Morgan fingerprint density at radius 2 is 2.06 bits per heavy atom. The van der Waals surface area contributed by atoms with Crippen molar-refractivity contribution >= 4 is 39.1 Å². The first-order valence-corrected chi connectivity index (χ1v) is 6.84. The molecular weight excluding hydrogens is 302 g/mol. The molecule has 2 nitrogen and oxygen atoms in total. The summed E-state index contributed by atoms with van der Waals surface area (Å²) in [5, 5.41) is 3.50. The molecule has 1 aliphatic heterocycles. The molecule has 1 N–H and O–H groups in total. The van der Waals surface area contributed by atoms with E-state index in [1.54, 1.807) is 0 Å². The molecule has 1 aromatic rings. The van der Waals surface area contributed by atoms with Gasteiger partial charge < -0.3 is 5.32 Å². The number of alkyl halides is 1. The first-order chi connectivity index (χ1) is 7.79. The lowest BCUT2D eigenvalue weighted by molar-refractivity contribution is -0.115. The molecule has 0 aliphatic carbocycles. The Kier molecular flexibility index (Phi) is 3.25. The molecule has 4 heteroatoms. The van der Waals surface area contributed by atoms with Crippen molar-refractivity contribution in [3.63, 3.8) is 0 Å². The van der Waals surface area contributed by atoms with Crippen LogP contribution < -0.4 is 5.32 Å². The molecule has 0 aromatic heterocycles. The minimum Gasteiger partial charge on any atom is -0.325 e. The van der Waals surface area contributed by atoms with Gasteiger partial charge in [-0.2, -0.15) is 0 Å². The number of carbonyl (C=O) groups excluding carboxylic acids is 1. The maximum Gasteiger partial charge on any atom is 0.228 e. The summed E-state index contributed by atoms with van der Waals surface area (Å²) in [5.74, 6) is 0.0371. The van der Waals surface area contributed by atoms with Crippen LogP contribution in [-0.4, -0.2) is 5.91 Å². The van der Waals surface area contributed by atoms with E-state index in [1.165, 1.54) is 0 Å². The summed E-state index contributed by atoms with van der Waals surface area (Å²) >= 11 is 9.97. The molecule has 1 amide bonds. The molecule has 2 rings (SSSR count). The zero-order valence-electron chi connectivity index (χ0n) is 10.1. The van der Waals surface area contributed by atoms with Gasteiger partial charge in [0, 0.05) is 15.5 Å². The fourth-order valence-electron chi connectivity index (χ4n) is 1.93. The molecule has 1 atom stereocenters. The van der Waals surface area contributed by atoms with Crippen LogP contribution in [0.2, 0.25) is 5.02 Å². The van der Waals surface area contributed by atoms with Crippen LogP contribution in [0.3, 0.4) is 0 Å². The van der Waals surface area contributed by atoms with Crippen molar-refractivity contribution in [3.8, 4) is 0 Å². The number of anilines is 1. The van der Waals surface area contributed by atoms with E-state index in [4.69, 9.17) is 11.6 Å². The topological polar surface area (TPSA) is 29.1 Å². The Bertz CT molecular complexity index is 479. The highest BCUT2D eigenvalue weighted by atomic mass is 79.9. The van der Waals surface area contributed by atoms with Crippen LogP contribution in [0.4, 0.5) is 5.69 Å². The van der Waals surface area contributed by atoms with Crippen LogP contribution in [0.25, 0.3) is 0 Å². The van der Waals surface area contributed by atoms with E-state index in [1.807, 2.05) is 12.1 Å². The highest BCUT2D eigenvalue weighted by Gasteiger charge is 2.28. The van der Waals surface area contributed by atoms with Crippen LogP contribution >= 0.6 is 27.5 Å². The molecular formula is C13H15BrClNO. The van der Waals surface area contributed by atoms with Crippen molar-refractivity contribution in [1.29, 1.82) is 0 Å². The van der Waals surface area contributed by atoms with Crippen LogP contribution in [0.5, 0.6) is 0 Å². The van der Waals surface area contributed by atoms with E-state index in [0.717, 1.165) is 16.8 Å². The van der Waals surface area contributed by atoms with Gasteiger partial charge in [-0.1, -0.05) is 54.4 Å².